The summed E-state index contributed by atoms with van der Waals surface area (Å²) in [7, 11) is 46.6. The van der Waals surface area contributed by atoms with Crippen molar-refractivity contribution in [2.75, 3.05) is 0 Å². The van der Waals surface area contributed by atoms with E-state index in [1.807, 2.05) is 19.1 Å². The number of fused-ring (bicyclic) bond motifs is 2. The maximum Gasteiger partial charge on any atom is 0.404 e. The van der Waals surface area contributed by atoms with E-state index in [0.717, 1.165) is 46.5 Å². The smallest absolute Gasteiger partial charge is 0.404 e. The molecule has 0 aromatic heterocycles. The zero-order valence-corrected chi connectivity index (χ0v) is 78.9. The third-order valence-corrected chi connectivity index (χ3v) is 173. The average Bonchev–Trinajstić information content (AvgIpc) is 1.69. The van der Waals surface area contributed by atoms with Crippen LogP contribution >= 0.6 is 219 Å². The molecular formula is C47H100NO10P27. The van der Waals surface area contributed by atoms with Crippen LogP contribution in [0.25, 0.3) is 0 Å². The summed E-state index contributed by atoms with van der Waals surface area (Å²) in [6, 6.07) is 0. The summed E-state index contributed by atoms with van der Waals surface area (Å²) >= 11 is 0. The summed E-state index contributed by atoms with van der Waals surface area (Å²) in [5.74, 6) is -0.536. The monoisotopic (exact) mass is 1680 g/mol. The zero-order valence-electron chi connectivity index (χ0n) is 50.7. The van der Waals surface area contributed by atoms with Crippen LogP contribution in [0.15, 0.2) is 25.3 Å². The van der Waals surface area contributed by atoms with Gasteiger partial charge in [-0.05, 0) is 144 Å². The van der Waals surface area contributed by atoms with Gasteiger partial charge in [0.25, 0.3) is 0 Å². The molecule has 6 saturated carbocycles. The number of Topliss-reactive ketones (excluding diaryl/α,β-unsaturated/α-hetero) is 2. The molecule has 0 spiro atoms. The maximum atomic E-state index is 13.3. The lowest BCUT2D eigenvalue weighted by molar-refractivity contribution is -0.213. The standard InChI is InChI=1S/C24H34O5.C23H35NO5.H16P14.H15P13/c1-7-22(5)16-12-18(27)29-21(16)23(6)13(2)8-10-24(11-9-17(26)19(23)24)14(3)20(22)28-15(4)25;1-7-21(5)12-17(29-20(24)27)22(6)13(2)8-10-23(11-9-16(26)18(22)23)14(3)19(21)28-15(4)25;1-9(2)13(10(3)4)14(11(5)6)12(7)8;1-8-12(9(2)3)13(10(4)5)11(6)7/h7,13-14,16,19-21H,1,8-12H2,2-6H3;7,13-14,17-19H,1,8-12H2,2-6H3,(H2,24,27);1-8H2;8H,1-7H2/t13-,14+,16-,19+,20+,21-,22-,23-,24+;13-,14+,17-,18+,19+,21-,22+,23+;;/m11../s1. The summed E-state index contributed by atoms with van der Waals surface area (Å²) < 4.78 is 23.6. The molecule has 0 aromatic carbocycles. The Hall–Kier alpha value is 8.11. The van der Waals surface area contributed by atoms with Gasteiger partial charge in [0.15, 0.2) is 0 Å². The number of carbonyl (C=O) groups excluding carboxylic acids is 6. The number of ketones is 2. The van der Waals surface area contributed by atoms with Crippen LogP contribution in [0.5, 0.6) is 0 Å². The van der Waals surface area contributed by atoms with Crippen molar-refractivity contribution in [2.45, 2.75) is 158 Å². The van der Waals surface area contributed by atoms with E-state index < -0.39 is 46.1 Å². The minimum atomic E-state index is -0.839. The predicted molar refractivity (Wildman–Crippen MR) is 447 cm³/mol. The van der Waals surface area contributed by atoms with E-state index in [1.165, 1.54) is 13.8 Å². The normalized spacial score (nSPS) is 38.1. The molecule has 17 unspecified atom stereocenters. The van der Waals surface area contributed by atoms with Crippen molar-refractivity contribution >= 4 is 254 Å². The Morgan fingerprint density at radius 3 is 1.35 bits per heavy atom. The highest BCUT2D eigenvalue weighted by Gasteiger charge is 2.73. The first kappa shape index (κ1) is 85.5. The van der Waals surface area contributed by atoms with E-state index >= 15 is 0 Å². The van der Waals surface area contributed by atoms with E-state index in [1.54, 1.807) is 0 Å². The topological polar surface area (TPSA) is 165 Å². The van der Waals surface area contributed by atoms with Gasteiger partial charge in [0, 0.05) is 77.9 Å². The molecule has 1 heterocycles. The van der Waals surface area contributed by atoms with E-state index in [9.17, 15) is 28.8 Å². The zero-order chi connectivity index (χ0) is 65.2. The molecule has 0 radical (unpaired) electrons. The molecule has 34 atom stereocenters. The van der Waals surface area contributed by atoms with Crippen LogP contribution in [-0.2, 0) is 42.9 Å². The van der Waals surface area contributed by atoms with Crippen molar-refractivity contribution in [3.8, 4) is 0 Å². The van der Waals surface area contributed by atoms with E-state index in [-0.39, 0.29) is 171 Å². The fraction of sp³-hybridized carbons (Fsp3) is 0.787. The molecule has 7 rings (SSSR count). The lowest BCUT2D eigenvalue weighted by atomic mass is 9.42. The van der Waals surface area contributed by atoms with Crippen molar-refractivity contribution in [1.82, 2.24) is 0 Å². The minimum Gasteiger partial charge on any atom is -0.461 e. The first-order chi connectivity index (χ1) is 39.1. The number of rotatable bonds is 15. The number of carbonyl (C=O) groups is 6. The summed E-state index contributed by atoms with van der Waals surface area (Å²) in [5, 5.41) is 0. The van der Waals surface area contributed by atoms with Crippen molar-refractivity contribution in [3.63, 3.8) is 0 Å². The highest BCUT2D eigenvalue weighted by atomic mass is 33.3. The number of esters is 3. The van der Waals surface area contributed by atoms with Gasteiger partial charge in [0.05, 0.1) is 6.42 Å². The number of hydrogen-bond acceptors (Lipinski definition) is 10. The molecule has 7 fully saturated rings. The van der Waals surface area contributed by atoms with Crippen molar-refractivity contribution in [1.29, 1.82) is 0 Å². The van der Waals surface area contributed by atoms with E-state index in [2.05, 4.69) is 196 Å². The fourth-order valence-corrected chi connectivity index (χ4v) is 290. The summed E-state index contributed by atoms with van der Waals surface area (Å²) in [6.45, 7) is 29.6. The Labute approximate surface area is 560 Å². The number of nitrogens with two attached hydrogens (primary N) is 1. The molecule has 1 saturated heterocycles. The summed E-state index contributed by atoms with van der Waals surface area (Å²) in [4.78, 5) is 75.2. The number of amides is 1. The Morgan fingerprint density at radius 2 is 1.00 bits per heavy atom. The van der Waals surface area contributed by atoms with Gasteiger partial charge >= 0.3 is 24.0 Å². The van der Waals surface area contributed by atoms with Gasteiger partial charge in [-0.3, -0.25) is 24.0 Å². The van der Waals surface area contributed by atoms with Gasteiger partial charge in [-0.15, -0.1) is 147 Å². The first-order valence-corrected chi connectivity index (χ1v) is 75.1. The van der Waals surface area contributed by atoms with Crippen LogP contribution in [0.1, 0.15) is 133 Å². The van der Waals surface area contributed by atoms with Gasteiger partial charge in [-0.25, -0.2) is 4.79 Å². The van der Waals surface area contributed by atoms with Gasteiger partial charge < -0.3 is 24.7 Å². The number of ether oxygens (including phenoxy) is 4. The van der Waals surface area contributed by atoms with E-state index in [4.69, 9.17) is 24.7 Å². The molecule has 488 valence electrons. The number of primary amides is 1. The fourth-order valence-electron chi connectivity index (χ4n) is 16.0. The van der Waals surface area contributed by atoms with Crippen LogP contribution in [0.2, 0.25) is 0 Å². The van der Waals surface area contributed by atoms with Gasteiger partial charge in [-0.1, -0.05) is 75.5 Å². The van der Waals surface area contributed by atoms with Gasteiger partial charge in [0.2, 0.25) is 0 Å². The average molecular weight is 1680 g/mol. The Balaban J connectivity index is 0.000000260. The predicted octanol–water partition coefficient (Wildman–Crippen LogP) is 23.1. The van der Waals surface area contributed by atoms with Gasteiger partial charge in [-0.2, -0.15) is 0 Å². The maximum absolute atomic E-state index is 13.3. The van der Waals surface area contributed by atoms with Crippen LogP contribution in [0, 0.1) is 73.9 Å². The molecule has 7 aliphatic rings. The van der Waals surface area contributed by atoms with Crippen molar-refractivity contribution in [2.24, 2.45) is 79.6 Å². The van der Waals surface area contributed by atoms with Crippen molar-refractivity contribution in [3.05, 3.63) is 25.3 Å². The Bertz CT molecular complexity index is 2360. The highest BCUT2D eigenvalue weighted by Crippen LogP contribution is 3.22. The molecule has 0 aromatic rings. The summed E-state index contributed by atoms with van der Waals surface area (Å²) in [6.07, 6.45) is 8.11. The number of hydrogen-bond donors (Lipinski definition) is 1. The SMILES string of the molecule is C=C[C@]1(C)C[C@@H](OC(N)=O)[C@]2(C)[C@H](C)CC[C@]3(CCC(=O)[C@H]32)[C@@H](C)[C@@H]1OC(C)=O.C=C[C@]1(C)[C@@H]2CC(=O)O[C@H]2[C@]2(C)[C@H](C)CC[C@]3(CCC(=O)[C@H]32)[C@@H](C)[C@@H]1OC(C)=O.PP(P)P(P(P)P)P(P(P)P)P(P)P.PPP(P(P)P)P(P(P)P)P(P)P. The third kappa shape index (κ3) is 18.9. The molecule has 38 heteroatoms. The Morgan fingerprint density at radius 1 is 0.600 bits per heavy atom. The third-order valence-electron chi connectivity index (χ3n) is 20.3. The molecule has 2 N–H and O–H groups in total. The molecule has 6 aliphatic carbocycles. The second-order valence-corrected chi connectivity index (χ2v) is 126. The molecule has 1 aliphatic heterocycles. The van der Waals surface area contributed by atoms with Crippen molar-refractivity contribution < 1.29 is 47.7 Å². The quantitative estimate of drug-likeness (QED) is 0.0722. The van der Waals surface area contributed by atoms with Crippen LogP contribution in [0.3, 0.4) is 0 Å². The minimum absolute atomic E-state index is 0.00525. The second kappa shape index (κ2) is 36.3. The Kier molecular flexibility index (Phi) is 36.5. The highest BCUT2D eigenvalue weighted by molar-refractivity contribution is 9.27. The molecule has 85 heavy (non-hydrogen) atoms. The summed E-state index contributed by atoms with van der Waals surface area (Å²) in [5.41, 5.74) is 2.78. The lowest BCUT2D eigenvalue weighted by Gasteiger charge is -2.62. The van der Waals surface area contributed by atoms with Crippen LogP contribution < -0.4 is 5.73 Å². The molecule has 1 amide bonds. The van der Waals surface area contributed by atoms with Crippen LogP contribution in [-0.4, -0.2) is 60.0 Å². The second-order valence-electron chi connectivity index (χ2n) is 24.5. The van der Waals surface area contributed by atoms with Gasteiger partial charge in [0.1, 0.15) is 36.0 Å². The molecule has 4 bridgehead atoms. The first-order valence-electron chi connectivity index (χ1n) is 27.7. The molecule has 11 nitrogen and oxygen atoms in total. The van der Waals surface area contributed by atoms with Crippen LogP contribution in [0.4, 0.5) is 4.79 Å². The van der Waals surface area contributed by atoms with E-state index in [0.29, 0.717) is 19.3 Å². The molecular weight excluding hydrogens is 1570 g/mol. The largest absolute Gasteiger partial charge is 0.461 e. The lowest BCUT2D eigenvalue weighted by Crippen LogP contribution is -2.65.